The summed E-state index contributed by atoms with van der Waals surface area (Å²) in [4.78, 5) is 4.08. The first-order valence-electron chi connectivity index (χ1n) is 6.96. The van der Waals surface area contributed by atoms with Crippen LogP contribution in [0.2, 0.25) is 0 Å². The lowest BCUT2D eigenvalue weighted by Crippen LogP contribution is -2.41. The van der Waals surface area contributed by atoms with Gasteiger partial charge in [-0.2, -0.15) is 11.3 Å². The van der Waals surface area contributed by atoms with Gasteiger partial charge in [0.25, 0.3) is 0 Å². The number of halogens is 1. The Balaban J connectivity index is 0.00000441. The molecule has 1 aromatic rings. The Labute approximate surface area is 154 Å². The van der Waals surface area contributed by atoms with Crippen LogP contribution in [0.5, 0.6) is 0 Å². The third-order valence-corrected chi connectivity index (χ3v) is 5.77. The lowest BCUT2D eigenvalue weighted by Gasteiger charge is -2.19. The van der Waals surface area contributed by atoms with Gasteiger partial charge in [0.05, 0.1) is 5.75 Å². The Morgan fingerprint density at radius 1 is 1.32 bits per heavy atom. The summed E-state index contributed by atoms with van der Waals surface area (Å²) in [5.74, 6) is 0.671. The van der Waals surface area contributed by atoms with Crippen LogP contribution in [0.15, 0.2) is 21.8 Å². The zero-order valence-electron chi connectivity index (χ0n) is 13.2. The second kappa shape index (κ2) is 11.2. The van der Waals surface area contributed by atoms with E-state index in [4.69, 9.17) is 0 Å². The number of thiophene rings is 1. The SMILES string of the molecule is CCN(CC)S(=O)(=O)CCNC(=NC)NCc1ccsc1.I. The second-order valence-corrected chi connectivity index (χ2v) is 7.25. The summed E-state index contributed by atoms with van der Waals surface area (Å²) in [6.45, 7) is 5.70. The van der Waals surface area contributed by atoms with E-state index in [1.54, 1.807) is 18.4 Å². The normalized spacial score (nSPS) is 12.1. The fourth-order valence-electron chi connectivity index (χ4n) is 1.84. The van der Waals surface area contributed by atoms with Crippen LogP contribution in [0.25, 0.3) is 0 Å². The van der Waals surface area contributed by atoms with Crippen molar-refractivity contribution in [2.75, 3.05) is 32.4 Å². The van der Waals surface area contributed by atoms with Crippen molar-refractivity contribution in [2.45, 2.75) is 20.4 Å². The van der Waals surface area contributed by atoms with Crippen molar-refractivity contribution in [3.8, 4) is 0 Å². The number of sulfonamides is 1. The predicted octanol–water partition coefficient (Wildman–Crippen LogP) is 1.70. The van der Waals surface area contributed by atoms with Crippen LogP contribution in [-0.2, 0) is 16.6 Å². The molecule has 22 heavy (non-hydrogen) atoms. The highest BCUT2D eigenvalue weighted by atomic mass is 127. The van der Waals surface area contributed by atoms with Crippen molar-refractivity contribution in [1.82, 2.24) is 14.9 Å². The minimum atomic E-state index is -3.19. The number of hydrogen-bond donors (Lipinski definition) is 2. The molecule has 0 atom stereocenters. The van der Waals surface area contributed by atoms with E-state index in [-0.39, 0.29) is 29.7 Å². The molecule has 0 saturated heterocycles. The maximum Gasteiger partial charge on any atom is 0.215 e. The van der Waals surface area contributed by atoms with E-state index in [9.17, 15) is 8.42 Å². The summed E-state index contributed by atoms with van der Waals surface area (Å²) in [7, 11) is -1.53. The molecule has 1 aromatic heterocycles. The van der Waals surface area contributed by atoms with E-state index in [1.807, 2.05) is 25.3 Å². The topological polar surface area (TPSA) is 73.8 Å². The highest BCUT2D eigenvalue weighted by Crippen LogP contribution is 2.04. The van der Waals surface area contributed by atoms with Crippen LogP contribution >= 0.6 is 35.3 Å². The van der Waals surface area contributed by atoms with Gasteiger partial charge in [-0.3, -0.25) is 4.99 Å². The maximum absolute atomic E-state index is 12.0. The Hall–Kier alpha value is -0.390. The van der Waals surface area contributed by atoms with E-state index in [0.29, 0.717) is 32.1 Å². The Bertz CT molecular complexity index is 528. The van der Waals surface area contributed by atoms with E-state index in [2.05, 4.69) is 21.0 Å². The van der Waals surface area contributed by atoms with Crippen molar-refractivity contribution < 1.29 is 8.42 Å². The van der Waals surface area contributed by atoms with Gasteiger partial charge in [0.2, 0.25) is 10.0 Å². The van der Waals surface area contributed by atoms with Crippen molar-refractivity contribution in [2.24, 2.45) is 4.99 Å². The Morgan fingerprint density at radius 3 is 2.50 bits per heavy atom. The van der Waals surface area contributed by atoms with Crippen LogP contribution < -0.4 is 10.6 Å². The van der Waals surface area contributed by atoms with Crippen molar-refractivity contribution in [3.63, 3.8) is 0 Å². The van der Waals surface area contributed by atoms with Gasteiger partial charge in [0.15, 0.2) is 5.96 Å². The molecule has 0 amide bonds. The summed E-state index contributed by atoms with van der Waals surface area (Å²) < 4.78 is 25.5. The maximum atomic E-state index is 12.0. The van der Waals surface area contributed by atoms with Gasteiger partial charge in [-0.05, 0) is 22.4 Å². The van der Waals surface area contributed by atoms with Gasteiger partial charge in [-0.1, -0.05) is 13.8 Å². The van der Waals surface area contributed by atoms with E-state index in [1.165, 1.54) is 9.87 Å². The summed E-state index contributed by atoms with van der Waals surface area (Å²) in [6.07, 6.45) is 0. The van der Waals surface area contributed by atoms with Crippen LogP contribution in [-0.4, -0.2) is 51.1 Å². The van der Waals surface area contributed by atoms with Crippen molar-refractivity contribution in [3.05, 3.63) is 22.4 Å². The monoisotopic (exact) mass is 460 g/mol. The molecule has 0 unspecified atom stereocenters. The standard InChI is InChI=1S/C13H24N4O2S2.HI/c1-4-17(5-2)21(18,19)9-7-15-13(14-3)16-10-12-6-8-20-11-12;/h6,8,11H,4-5,7,9-10H2,1-3H3,(H2,14,15,16);1H. The molecule has 128 valence electrons. The first-order valence-corrected chi connectivity index (χ1v) is 9.52. The molecule has 2 N–H and O–H groups in total. The molecular formula is C13H25IN4O2S2. The van der Waals surface area contributed by atoms with Crippen molar-refractivity contribution >= 4 is 51.3 Å². The lowest BCUT2D eigenvalue weighted by molar-refractivity contribution is 0.445. The van der Waals surface area contributed by atoms with Gasteiger partial charge in [0.1, 0.15) is 0 Å². The molecule has 0 spiro atoms. The molecular weight excluding hydrogens is 435 g/mol. The Morgan fingerprint density at radius 2 is 2.00 bits per heavy atom. The van der Waals surface area contributed by atoms with Crippen LogP contribution in [0.4, 0.5) is 0 Å². The van der Waals surface area contributed by atoms with Crippen LogP contribution in [0.1, 0.15) is 19.4 Å². The molecule has 0 aliphatic carbocycles. The number of nitrogens with one attached hydrogen (secondary N) is 2. The number of aliphatic imine (C=N–C) groups is 1. The van der Waals surface area contributed by atoms with Gasteiger partial charge < -0.3 is 10.6 Å². The van der Waals surface area contributed by atoms with Gasteiger partial charge >= 0.3 is 0 Å². The molecule has 0 aliphatic heterocycles. The van der Waals surface area contributed by atoms with E-state index < -0.39 is 10.0 Å². The number of guanidine groups is 1. The summed E-state index contributed by atoms with van der Waals surface area (Å²) >= 11 is 1.64. The van der Waals surface area contributed by atoms with Crippen LogP contribution in [0.3, 0.4) is 0 Å². The molecule has 0 saturated carbocycles. The molecule has 0 aliphatic rings. The molecule has 6 nitrogen and oxygen atoms in total. The summed E-state index contributed by atoms with van der Waals surface area (Å²) in [5, 5.41) is 10.3. The molecule has 0 fully saturated rings. The molecule has 1 rings (SSSR count). The summed E-state index contributed by atoms with van der Waals surface area (Å²) in [5.41, 5.74) is 1.18. The minimum absolute atomic E-state index is 0. The lowest BCUT2D eigenvalue weighted by atomic mass is 10.3. The third kappa shape index (κ3) is 7.25. The van der Waals surface area contributed by atoms with Gasteiger partial charge in [-0.25, -0.2) is 12.7 Å². The quantitative estimate of drug-likeness (QED) is 0.352. The first-order chi connectivity index (χ1) is 10.0. The molecule has 0 radical (unpaired) electrons. The molecule has 1 heterocycles. The largest absolute Gasteiger partial charge is 0.355 e. The van der Waals surface area contributed by atoms with E-state index in [0.717, 1.165) is 0 Å². The fourth-order valence-corrected chi connectivity index (χ4v) is 3.92. The highest BCUT2D eigenvalue weighted by Gasteiger charge is 2.18. The molecule has 0 aromatic carbocycles. The smallest absolute Gasteiger partial charge is 0.215 e. The molecule has 9 heteroatoms. The molecule has 0 bridgehead atoms. The highest BCUT2D eigenvalue weighted by molar-refractivity contribution is 14.0. The minimum Gasteiger partial charge on any atom is -0.355 e. The van der Waals surface area contributed by atoms with Crippen LogP contribution in [0, 0.1) is 0 Å². The average Bonchev–Trinajstić information content (AvgIpc) is 2.96. The summed E-state index contributed by atoms with van der Waals surface area (Å²) in [6, 6.07) is 2.04. The first kappa shape index (κ1) is 21.6. The average molecular weight is 460 g/mol. The van der Waals surface area contributed by atoms with E-state index >= 15 is 0 Å². The van der Waals surface area contributed by atoms with Gasteiger partial charge in [0, 0.05) is 33.2 Å². The number of hydrogen-bond acceptors (Lipinski definition) is 4. The third-order valence-electron chi connectivity index (χ3n) is 3.01. The van der Waals surface area contributed by atoms with Gasteiger partial charge in [-0.15, -0.1) is 24.0 Å². The van der Waals surface area contributed by atoms with Crippen molar-refractivity contribution in [1.29, 1.82) is 0 Å². The zero-order valence-corrected chi connectivity index (χ0v) is 17.2. The Kier molecular flexibility index (Phi) is 11.0. The number of nitrogens with zero attached hydrogens (tertiary/aromatic N) is 2. The fraction of sp³-hybridized carbons (Fsp3) is 0.615. The predicted molar refractivity (Wildman–Crippen MR) is 105 cm³/mol. The second-order valence-electron chi connectivity index (χ2n) is 4.38. The number of rotatable bonds is 8. The zero-order chi connectivity index (χ0) is 15.7.